The Labute approximate surface area is 214 Å². The predicted octanol–water partition coefficient (Wildman–Crippen LogP) is 6.11. The molecule has 0 saturated heterocycles. The lowest BCUT2D eigenvalue weighted by Crippen LogP contribution is -2.66. The predicted molar refractivity (Wildman–Crippen MR) is 153 cm³/mol. The van der Waals surface area contributed by atoms with Gasteiger partial charge in [-0.2, -0.15) is 0 Å². The van der Waals surface area contributed by atoms with Crippen molar-refractivity contribution in [1.82, 2.24) is 0 Å². The molecule has 0 atom stereocenters. The molecule has 4 aromatic rings. The van der Waals surface area contributed by atoms with Crippen LogP contribution in [0.25, 0.3) is 0 Å². The third-order valence-corrected chi connectivity index (χ3v) is 9.55. The van der Waals surface area contributed by atoms with Gasteiger partial charge in [-0.1, -0.05) is 91.5 Å². The minimum atomic E-state index is -0.226. The van der Waals surface area contributed by atoms with Gasteiger partial charge in [0.25, 0.3) is 0 Å². The lowest BCUT2D eigenvalue weighted by molar-refractivity contribution is 0.348. The summed E-state index contributed by atoms with van der Waals surface area (Å²) in [5.74, 6) is 0. The Hall–Kier alpha value is -3.46. The highest BCUT2D eigenvalue weighted by molar-refractivity contribution is 6.99. The smallest absolute Gasteiger partial charge is 0.247 e. The van der Waals surface area contributed by atoms with Crippen molar-refractivity contribution in [1.29, 1.82) is 0 Å². The normalized spacial score (nSPS) is 19.7. The molecule has 1 aliphatic carbocycles. The zero-order valence-corrected chi connectivity index (χ0v) is 21.2. The van der Waals surface area contributed by atoms with E-state index in [0.29, 0.717) is 0 Å². The van der Waals surface area contributed by atoms with Crippen molar-refractivity contribution in [2.45, 2.75) is 57.0 Å². The van der Waals surface area contributed by atoms with Gasteiger partial charge < -0.3 is 9.80 Å². The van der Waals surface area contributed by atoms with E-state index >= 15 is 0 Å². The second kappa shape index (κ2) is 7.06. The van der Waals surface area contributed by atoms with E-state index in [0.717, 1.165) is 0 Å². The van der Waals surface area contributed by atoms with Crippen LogP contribution in [0.1, 0.15) is 57.1 Å². The van der Waals surface area contributed by atoms with Crippen LogP contribution < -0.4 is 26.2 Å². The Balaban J connectivity index is 1.47. The average Bonchev–Trinajstić information content (AvgIpc) is 3.17. The highest BCUT2D eigenvalue weighted by Crippen LogP contribution is 2.55. The molecule has 0 aromatic heterocycles. The first-order valence-electron chi connectivity index (χ1n) is 13.6. The molecule has 1 fully saturated rings. The number of hydrogen-bond donors (Lipinski definition) is 0. The lowest BCUT2D eigenvalue weighted by atomic mass is 9.29. The van der Waals surface area contributed by atoms with Crippen molar-refractivity contribution in [3.63, 3.8) is 0 Å². The van der Waals surface area contributed by atoms with E-state index in [2.05, 4.69) is 115 Å². The highest BCUT2D eigenvalue weighted by atomic mass is 15.5. The van der Waals surface area contributed by atoms with E-state index < -0.39 is 0 Å². The third kappa shape index (κ3) is 2.39. The first-order valence-corrected chi connectivity index (χ1v) is 13.6. The van der Waals surface area contributed by atoms with Crippen LogP contribution in [0.4, 0.5) is 22.7 Å². The van der Waals surface area contributed by atoms with Crippen molar-refractivity contribution in [3.05, 3.63) is 102 Å². The summed E-state index contributed by atoms with van der Waals surface area (Å²) in [5, 5.41) is 0. The van der Waals surface area contributed by atoms with Crippen LogP contribution in [0.5, 0.6) is 0 Å². The SMILES string of the molecule is CC1(C)N(c2ccccc2)c2cccc3c2N1c1cccc2c1B3c1ccccc1C21CCCCC1. The molecule has 3 heteroatoms. The van der Waals surface area contributed by atoms with Crippen LogP contribution in [0.3, 0.4) is 0 Å². The van der Waals surface area contributed by atoms with Crippen molar-refractivity contribution in [2.75, 3.05) is 9.80 Å². The van der Waals surface area contributed by atoms with Gasteiger partial charge in [-0.05, 0) is 73.0 Å². The summed E-state index contributed by atoms with van der Waals surface area (Å²) in [6.45, 7) is 5.06. The van der Waals surface area contributed by atoms with Gasteiger partial charge in [0.05, 0.1) is 11.4 Å². The number of anilines is 4. The van der Waals surface area contributed by atoms with Crippen LogP contribution in [-0.2, 0) is 5.41 Å². The largest absolute Gasteiger partial charge is 0.317 e. The minimum absolute atomic E-state index is 0.148. The molecule has 4 aliphatic rings. The maximum atomic E-state index is 2.66. The van der Waals surface area contributed by atoms with Gasteiger partial charge >= 0.3 is 0 Å². The third-order valence-electron chi connectivity index (χ3n) is 9.55. The topological polar surface area (TPSA) is 6.48 Å². The first kappa shape index (κ1) is 20.7. The number of para-hydroxylation sites is 2. The quantitative estimate of drug-likeness (QED) is 0.313. The number of benzene rings is 4. The summed E-state index contributed by atoms with van der Waals surface area (Å²) in [7, 11) is 0. The van der Waals surface area contributed by atoms with E-state index in [-0.39, 0.29) is 17.8 Å². The molecule has 0 unspecified atom stereocenters. The van der Waals surface area contributed by atoms with Crippen molar-refractivity contribution in [2.24, 2.45) is 0 Å². The average molecular weight is 466 g/mol. The van der Waals surface area contributed by atoms with Gasteiger partial charge in [0.1, 0.15) is 5.66 Å². The first-order chi connectivity index (χ1) is 17.6. The summed E-state index contributed by atoms with van der Waals surface area (Å²) in [6, 6.07) is 34.5. The van der Waals surface area contributed by atoms with Gasteiger partial charge in [0.2, 0.25) is 6.71 Å². The maximum absolute atomic E-state index is 2.66. The van der Waals surface area contributed by atoms with Gasteiger partial charge in [-0.15, -0.1) is 0 Å². The van der Waals surface area contributed by atoms with E-state index in [1.54, 1.807) is 16.6 Å². The molecular weight excluding hydrogens is 435 g/mol. The fourth-order valence-electron chi connectivity index (χ4n) is 8.29. The maximum Gasteiger partial charge on any atom is 0.247 e. The number of hydrogen-bond acceptors (Lipinski definition) is 2. The molecule has 8 rings (SSSR count). The summed E-state index contributed by atoms with van der Waals surface area (Å²) in [4.78, 5) is 5.20. The molecule has 176 valence electrons. The van der Waals surface area contributed by atoms with Crippen molar-refractivity contribution >= 4 is 45.9 Å². The number of nitrogens with zero attached hydrogens (tertiary/aromatic N) is 2. The number of rotatable bonds is 1. The van der Waals surface area contributed by atoms with E-state index in [1.165, 1.54) is 65.8 Å². The molecule has 1 spiro atoms. The van der Waals surface area contributed by atoms with Crippen molar-refractivity contribution < 1.29 is 0 Å². The molecule has 3 aliphatic heterocycles. The van der Waals surface area contributed by atoms with Crippen LogP contribution in [-0.4, -0.2) is 12.4 Å². The molecule has 3 heterocycles. The van der Waals surface area contributed by atoms with Crippen LogP contribution in [0.2, 0.25) is 0 Å². The Kier molecular flexibility index (Phi) is 4.06. The highest BCUT2D eigenvalue weighted by Gasteiger charge is 2.54. The van der Waals surface area contributed by atoms with Gasteiger partial charge in [0.15, 0.2) is 0 Å². The zero-order chi connectivity index (χ0) is 24.1. The van der Waals surface area contributed by atoms with Crippen LogP contribution in [0.15, 0.2) is 91.0 Å². The van der Waals surface area contributed by atoms with Gasteiger partial charge in [0, 0.05) is 16.8 Å². The van der Waals surface area contributed by atoms with E-state index in [9.17, 15) is 0 Å². The fourth-order valence-corrected chi connectivity index (χ4v) is 8.29. The molecule has 0 bridgehead atoms. The minimum Gasteiger partial charge on any atom is -0.317 e. The monoisotopic (exact) mass is 466 g/mol. The Morgan fingerprint density at radius 1 is 0.611 bits per heavy atom. The van der Waals surface area contributed by atoms with E-state index in [4.69, 9.17) is 0 Å². The fraction of sp³-hybridized carbons (Fsp3) is 0.273. The van der Waals surface area contributed by atoms with Crippen molar-refractivity contribution in [3.8, 4) is 0 Å². The Bertz CT molecular complexity index is 1520. The lowest BCUT2D eigenvalue weighted by Gasteiger charge is -2.50. The van der Waals surface area contributed by atoms with Gasteiger partial charge in [-0.3, -0.25) is 0 Å². The summed E-state index contributed by atoms with van der Waals surface area (Å²) in [5.41, 5.74) is 13.0. The summed E-state index contributed by atoms with van der Waals surface area (Å²) < 4.78 is 0. The Morgan fingerprint density at radius 2 is 1.28 bits per heavy atom. The molecule has 36 heavy (non-hydrogen) atoms. The molecule has 0 amide bonds. The molecule has 0 N–H and O–H groups in total. The molecular formula is C33H31BN2. The summed E-state index contributed by atoms with van der Waals surface area (Å²) >= 11 is 0. The van der Waals surface area contributed by atoms with Crippen LogP contribution in [0, 0.1) is 0 Å². The second-order valence-corrected chi connectivity index (χ2v) is 11.6. The van der Waals surface area contributed by atoms with Gasteiger partial charge in [-0.25, -0.2) is 0 Å². The van der Waals surface area contributed by atoms with Crippen LogP contribution >= 0.6 is 0 Å². The zero-order valence-electron chi connectivity index (χ0n) is 21.2. The molecule has 0 radical (unpaired) electrons. The molecule has 4 aromatic carbocycles. The second-order valence-electron chi connectivity index (χ2n) is 11.6. The summed E-state index contributed by atoms with van der Waals surface area (Å²) in [6.07, 6.45) is 6.53. The molecule has 1 saturated carbocycles. The number of fused-ring (bicyclic) bond motifs is 6. The molecule has 2 nitrogen and oxygen atoms in total. The van der Waals surface area contributed by atoms with E-state index in [1.807, 2.05) is 0 Å². The standard InChI is InChI=1S/C33H31BN2/c1-32(2)35(23-13-5-3-6-14-23)29-20-12-18-27-31(29)36(32)28-19-11-16-25-30(28)34(27)26-17-8-7-15-24(26)33(25)21-9-4-10-22-33/h3,5-8,11-20H,4,9-10,21-22H2,1-2H3. The Morgan fingerprint density at radius 3 is 2.11 bits per heavy atom.